The fraction of sp³-hybridized carbons (Fsp3) is 0.750. The molecule has 0 rings (SSSR count). The van der Waals surface area contributed by atoms with Crippen molar-refractivity contribution in [2.75, 3.05) is 7.11 Å². The second-order valence-electron chi connectivity index (χ2n) is 1.01. The lowest BCUT2D eigenvalue weighted by Gasteiger charge is -1.91. The minimum Gasteiger partial charge on any atom is -0.367 e. The first-order valence-corrected chi connectivity index (χ1v) is 1.73. The zero-order chi connectivity index (χ0) is 4.99. The van der Waals surface area contributed by atoms with Crippen molar-refractivity contribution in [3.05, 3.63) is 0 Å². The van der Waals surface area contributed by atoms with Gasteiger partial charge in [0, 0.05) is 7.11 Å². The summed E-state index contributed by atoms with van der Waals surface area (Å²) in [6.07, 6.45) is -0.259. The summed E-state index contributed by atoms with van der Waals surface area (Å²) < 4.78 is 4.54. The SMILES string of the molecule is COC(C)C#N. The molecule has 0 aromatic rings. The Labute approximate surface area is 37.3 Å². The van der Waals surface area contributed by atoms with Crippen molar-refractivity contribution in [2.45, 2.75) is 13.0 Å². The van der Waals surface area contributed by atoms with Crippen molar-refractivity contribution in [3.8, 4) is 6.07 Å². The predicted molar refractivity (Wildman–Crippen MR) is 22.1 cm³/mol. The quantitative estimate of drug-likeness (QED) is 0.465. The van der Waals surface area contributed by atoms with Gasteiger partial charge in [0.2, 0.25) is 0 Å². The van der Waals surface area contributed by atoms with E-state index in [1.165, 1.54) is 7.11 Å². The number of hydrogen-bond donors (Lipinski definition) is 0. The lowest BCUT2D eigenvalue weighted by Crippen LogP contribution is -1.97. The molecule has 0 spiro atoms. The molecular formula is C4H7NO. The van der Waals surface area contributed by atoms with Gasteiger partial charge in [0.1, 0.15) is 6.10 Å². The number of methoxy groups -OCH3 is 1. The summed E-state index contributed by atoms with van der Waals surface area (Å²) in [5.41, 5.74) is 0. The average molecular weight is 85.1 g/mol. The van der Waals surface area contributed by atoms with Gasteiger partial charge in [-0.05, 0) is 6.92 Å². The molecule has 0 aromatic carbocycles. The number of nitriles is 1. The highest BCUT2D eigenvalue weighted by Crippen LogP contribution is 1.78. The minimum atomic E-state index is -0.259. The zero-order valence-corrected chi connectivity index (χ0v) is 3.93. The highest BCUT2D eigenvalue weighted by atomic mass is 16.5. The molecule has 1 unspecified atom stereocenters. The molecule has 0 heterocycles. The van der Waals surface area contributed by atoms with Crippen LogP contribution in [0.4, 0.5) is 0 Å². The van der Waals surface area contributed by atoms with E-state index in [0.717, 1.165) is 0 Å². The molecule has 2 nitrogen and oxygen atoms in total. The maximum Gasteiger partial charge on any atom is 0.140 e. The van der Waals surface area contributed by atoms with Gasteiger partial charge in [-0.25, -0.2) is 0 Å². The number of hydrogen-bond acceptors (Lipinski definition) is 2. The van der Waals surface area contributed by atoms with Gasteiger partial charge < -0.3 is 4.74 Å². The van der Waals surface area contributed by atoms with Crippen LogP contribution in [-0.2, 0) is 4.74 Å². The molecule has 0 aliphatic rings. The van der Waals surface area contributed by atoms with E-state index in [1.54, 1.807) is 6.92 Å². The molecule has 0 radical (unpaired) electrons. The average Bonchev–Trinajstić information content (AvgIpc) is 1.65. The van der Waals surface area contributed by atoms with Gasteiger partial charge in [-0.15, -0.1) is 0 Å². The second-order valence-corrected chi connectivity index (χ2v) is 1.01. The third-order valence-corrected chi connectivity index (χ3v) is 0.535. The van der Waals surface area contributed by atoms with Crippen LogP contribution in [0, 0.1) is 11.3 Å². The van der Waals surface area contributed by atoms with Crippen LogP contribution < -0.4 is 0 Å². The first-order chi connectivity index (χ1) is 2.81. The molecule has 1 atom stereocenters. The first-order valence-electron chi connectivity index (χ1n) is 1.73. The largest absolute Gasteiger partial charge is 0.367 e. The molecule has 0 aliphatic heterocycles. The summed E-state index contributed by atoms with van der Waals surface area (Å²) >= 11 is 0. The number of rotatable bonds is 1. The molecule has 2 heteroatoms. The van der Waals surface area contributed by atoms with Crippen LogP contribution in [0.15, 0.2) is 0 Å². The highest BCUT2D eigenvalue weighted by Gasteiger charge is 1.88. The van der Waals surface area contributed by atoms with Crippen LogP contribution in [0.2, 0.25) is 0 Å². The molecule has 34 valence electrons. The van der Waals surface area contributed by atoms with Crippen LogP contribution in [-0.4, -0.2) is 13.2 Å². The van der Waals surface area contributed by atoms with Gasteiger partial charge in [-0.2, -0.15) is 5.26 Å². The summed E-state index contributed by atoms with van der Waals surface area (Å²) in [5.74, 6) is 0. The predicted octanol–water partition coefficient (Wildman–Crippen LogP) is 0.545. The van der Waals surface area contributed by atoms with Crippen molar-refractivity contribution in [1.82, 2.24) is 0 Å². The molecule has 0 saturated carbocycles. The Morgan fingerprint density at radius 3 is 2.33 bits per heavy atom. The Kier molecular flexibility index (Phi) is 2.43. The van der Waals surface area contributed by atoms with E-state index in [4.69, 9.17) is 5.26 Å². The molecule has 0 aromatic heterocycles. The van der Waals surface area contributed by atoms with E-state index in [-0.39, 0.29) is 6.10 Å². The minimum absolute atomic E-state index is 0.259. The topological polar surface area (TPSA) is 33.0 Å². The standard InChI is InChI=1S/C4H7NO/c1-4(3-5)6-2/h4H,1-2H3. The second kappa shape index (κ2) is 2.67. The third-order valence-electron chi connectivity index (χ3n) is 0.535. The van der Waals surface area contributed by atoms with Crippen molar-refractivity contribution < 1.29 is 4.74 Å². The Bertz CT molecular complexity index is 64.4. The third kappa shape index (κ3) is 1.74. The van der Waals surface area contributed by atoms with Gasteiger partial charge in [0.25, 0.3) is 0 Å². The summed E-state index contributed by atoms with van der Waals surface area (Å²) in [4.78, 5) is 0. The maximum absolute atomic E-state index is 7.96. The van der Waals surface area contributed by atoms with E-state index >= 15 is 0 Å². The monoisotopic (exact) mass is 85.1 g/mol. The lowest BCUT2D eigenvalue weighted by atomic mass is 10.5. The summed E-state index contributed by atoms with van der Waals surface area (Å²) in [7, 11) is 1.51. The van der Waals surface area contributed by atoms with Crippen molar-refractivity contribution in [2.24, 2.45) is 0 Å². The molecule has 0 aliphatic carbocycles. The zero-order valence-electron chi connectivity index (χ0n) is 3.93. The van der Waals surface area contributed by atoms with Crippen molar-refractivity contribution in [1.29, 1.82) is 5.26 Å². The van der Waals surface area contributed by atoms with Crippen LogP contribution >= 0.6 is 0 Å². The van der Waals surface area contributed by atoms with Crippen LogP contribution in [0.25, 0.3) is 0 Å². The van der Waals surface area contributed by atoms with E-state index in [2.05, 4.69) is 4.74 Å². The molecule has 0 bridgehead atoms. The van der Waals surface area contributed by atoms with Crippen molar-refractivity contribution in [3.63, 3.8) is 0 Å². The highest BCUT2D eigenvalue weighted by molar-refractivity contribution is 4.77. The number of nitrogens with zero attached hydrogens (tertiary/aromatic N) is 1. The molecule has 0 saturated heterocycles. The Hall–Kier alpha value is -0.550. The van der Waals surface area contributed by atoms with E-state index in [1.807, 2.05) is 6.07 Å². The van der Waals surface area contributed by atoms with Crippen LogP contribution in [0.3, 0.4) is 0 Å². The van der Waals surface area contributed by atoms with E-state index in [9.17, 15) is 0 Å². The van der Waals surface area contributed by atoms with Crippen LogP contribution in [0.1, 0.15) is 6.92 Å². The summed E-state index contributed by atoms with van der Waals surface area (Å²) in [6.45, 7) is 1.69. The molecule has 6 heavy (non-hydrogen) atoms. The van der Waals surface area contributed by atoms with Gasteiger partial charge in [-0.3, -0.25) is 0 Å². The Morgan fingerprint density at radius 2 is 2.33 bits per heavy atom. The summed E-state index contributed by atoms with van der Waals surface area (Å²) in [5, 5.41) is 7.96. The maximum atomic E-state index is 7.96. The summed E-state index contributed by atoms with van der Waals surface area (Å²) in [6, 6.07) is 1.89. The smallest absolute Gasteiger partial charge is 0.140 e. The van der Waals surface area contributed by atoms with Crippen LogP contribution in [0.5, 0.6) is 0 Å². The Morgan fingerprint density at radius 1 is 1.83 bits per heavy atom. The van der Waals surface area contributed by atoms with Gasteiger partial charge >= 0.3 is 0 Å². The lowest BCUT2D eigenvalue weighted by molar-refractivity contribution is 0.162. The van der Waals surface area contributed by atoms with E-state index in [0.29, 0.717) is 0 Å². The molecule has 0 N–H and O–H groups in total. The fourth-order valence-corrected chi connectivity index (χ4v) is 0.0527. The van der Waals surface area contributed by atoms with Gasteiger partial charge in [0.05, 0.1) is 6.07 Å². The molecule has 0 amide bonds. The normalized spacial score (nSPS) is 12.8. The van der Waals surface area contributed by atoms with E-state index < -0.39 is 0 Å². The van der Waals surface area contributed by atoms with Gasteiger partial charge in [0.15, 0.2) is 0 Å². The molecule has 0 fully saturated rings. The molecular weight excluding hydrogens is 78.0 g/mol. The fourth-order valence-electron chi connectivity index (χ4n) is 0.0527. The van der Waals surface area contributed by atoms with Crippen molar-refractivity contribution >= 4 is 0 Å². The first kappa shape index (κ1) is 5.45. The number of ether oxygens (including phenoxy) is 1. The van der Waals surface area contributed by atoms with Gasteiger partial charge in [-0.1, -0.05) is 0 Å². The Balaban J connectivity index is 3.04.